The van der Waals surface area contributed by atoms with Crippen LogP contribution in [0.25, 0.3) is 0 Å². The number of carboxylic acid groups (broad SMARTS) is 1. The van der Waals surface area contributed by atoms with Gasteiger partial charge in [-0.1, -0.05) is 64.7 Å². The molecule has 0 aliphatic carbocycles. The molecule has 184 valence electrons. The molecule has 0 rings (SSSR count). The van der Waals surface area contributed by atoms with Crippen LogP contribution in [0.15, 0.2) is 4.99 Å². The molecule has 0 aromatic rings. The Hall–Kier alpha value is -1.38. The number of aliphatic hydroxyl groups excluding tert-OH is 1. The molecule has 0 aromatic carbocycles. The van der Waals surface area contributed by atoms with Gasteiger partial charge in [0.15, 0.2) is 5.96 Å². The molecule has 31 heavy (non-hydrogen) atoms. The maximum Gasteiger partial charge on any atom is 0.320 e. The Labute approximate surface area is 189 Å². The van der Waals surface area contributed by atoms with E-state index in [1.165, 1.54) is 51.4 Å². The number of nitrogens with two attached hydrogens (primary N) is 2. The van der Waals surface area contributed by atoms with E-state index < -0.39 is 18.1 Å². The second-order valence-electron chi connectivity index (χ2n) is 8.41. The van der Waals surface area contributed by atoms with Gasteiger partial charge in [0.05, 0.1) is 12.2 Å². The molecule has 0 aliphatic heterocycles. The second-order valence-corrected chi connectivity index (χ2v) is 8.41. The summed E-state index contributed by atoms with van der Waals surface area (Å²) in [6.45, 7) is 5.48. The standard InChI is InChI=1S/C23H48N4O4/c1-3-4-5-6-7-8-9-10-11-15-21(19(2)28)31-18-13-17-26-20(22(29)30)14-12-16-27-23(24)25/h19-21,26,28H,3-18H2,1-2H3,(H,29,30)(H4,24,25,27)/t19?,20-,21?/m0/s1. The molecule has 0 aliphatic rings. The number of aliphatic hydroxyl groups is 1. The van der Waals surface area contributed by atoms with Crippen molar-refractivity contribution in [2.24, 2.45) is 16.5 Å². The van der Waals surface area contributed by atoms with E-state index in [1.54, 1.807) is 6.92 Å². The van der Waals surface area contributed by atoms with Crippen molar-refractivity contribution in [2.45, 2.75) is 116 Å². The van der Waals surface area contributed by atoms with Gasteiger partial charge in [-0.3, -0.25) is 9.79 Å². The van der Waals surface area contributed by atoms with Crippen molar-refractivity contribution in [2.75, 3.05) is 19.7 Å². The Morgan fingerprint density at radius 1 is 0.968 bits per heavy atom. The number of hydrogen-bond donors (Lipinski definition) is 5. The van der Waals surface area contributed by atoms with Gasteiger partial charge in [-0.25, -0.2) is 0 Å². The van der Waals surface area contributed by atoms with E-state index in [0.717, 1.165) is 12.8 Å². The fourth-order valence-electron chi connectivity index (χ4n) is 3.52. The number of rotatable bonds is 22. The van der Waals surface area contributed by atoms with Crippen LogP contribution in [0.3, 0.4) is 0 Å². The van der Waals surface area contributed by atoms with E-state index in [9.17, 15) is 15.0 Å². The molecule has 8 heteroatoms. The van der Waals surface area contributed by atoms with Gasteiger partial charge in [0.1, 0.15) is 6.04 Å². The number of guanidine groups is 1. The van der Waals surface area contributed by atoms with Crippen LogP contribution in [0.2, 0.25) is 0 Å². The van der Waals surface area contributed by atoms with Crippen LogP contribution in [-0.4, -0.2) is 60.1 Å². The molecule has 0 radical (unpaired) electrons. The van der Waals surface area contributed by atoms with Crippen LogP contribution < -0.4 is 16.8 Å². The third kappa shape index (κ3) is 19.1. The number of aliphatic imine (C=N–C) groups is 1. The Morgan fingerprint density at radius 2 is 1.58 bits per heavy atom. The maximum atomic E-state index is 11.3. The molecule has 0 aromatic heterocycles. The Balaban J connectivity index is 3.87. The van der Waals surface area contributed by atoms with Crippen LogP contribution >= 0.6 is 0 Å². The SMILES string of the molecule is CCCCCCCCCCCC(OCCCN[C@@H](CCCN=C(N)N)C(=O)O)C(C)O. The second kappa shape index (κ2) is 20.5. The predicted octanol–water partition coefficient (Wildman–Crippen LogP) is 3.16. The third-order valence-electron chi connectivity index (χ3n) is 5.42. The number of carboxylic acids is 1. The first-order valence-electron chi connectivity index (χ1n) is 12.2. The summed E-state index contributed by atoms with van der Waals surface area (Å²) in [5.41, 5.74) is 10.5. The zero-order chi connectivity index (χ0) is 23.3. The van der Waals surface area contributed by atoms with Gasteiger partial charge in [-0.05, 0) is 39.2 Å². The summed E-state index contributed by atoms with van der Waals surface area (Å²) < 4.78 is 5.86. The summed E-state index contributed by atoms with van der Waals surface area (Å²) in [5.74, 6) is -0.857. The van der Waals surface area contributed by atoms with Crippen molar-refractivity contribution in [1.82, 2.24) is 5.32 Å². The Morgan fingerprint density at radius 3 is 2.13 bits per heavy atom. The van der Waals surface area contributed by atoms with Crippen LogP contribution in [0, 0.1) is 0 Å². The van der Waals surface area contributed by atoms with E-state index in [2.05, 4.69) is 17.2 Å². The van der Waals surface area contributed by atoms with E-state index in [-0.39, 0.29) is 12.1 Å². The molecular formula is C23H48N4O4. The minimum Gasteiger partial charge on any atom is -0.480 e. The lowest BCUT2D eigenvalue weighted by Crippen LogP contribution is -2.38. The highest BCUT2D eigenvalue weighted by atomic mass is 16.5. The zero-order valence-corrected chi connectivity index (χ0v) is 19.9. The van der Waals surface area contributed by atoms with Gasteiger partial charge in [0.2, 0.25) is 0 Å². The van der Waals surface area contributed by atoms with Crippen molar-refractivity contribution in [3.05, 3.63) is 0 Å². The van der Waals surface area contributed by atoms with Crippen LogP contribution in [0.5, 0.6) is 0 Å². The minimum absolute atomic E-state index is 0.0204. The molecule has 0 saturated carbocycles. The highest BCUT2D eigenvalue weighted by Crippen LogP contribution is 2.14. The molecule has 0 spiro atoms. The lowest BCUT2D eigenvalue weighted by atomic mass is 10.0. The molecule has 3 atom stereocenters. The van der Waals surface area contributed by atoms with Gasteiger partial charge >= 0.3 is 5.97 Å². The van der Waals surface area contributed by atoms with Crippen LogP contribution in [0.4, 0.5) is 0 Å². The highest BCUT2D eigenvalue weighted by molar-refractivity contribution is 5.75. The summed E-state index contributed by atoms with van der Waals surface area (Å²) >= 11 is 0. The zero-order valence-electron chi connectivity index (χ0n) is 19.9. The molecule has 0 amide bonds. The molecule has 0 heterocycles. The maximum absolute atomic E-state index is 11.3. The van der Waals surface area contributed by atoms with E-state index in [1.807, 2.05) is 0 Å². The van der Waals surface area contributed by atoms with Crippen molar-refractivity contribution in [3.63, 3.8) is 0 Å². The number of hydrogen-bond acceptors (Lipinski definition) is 5. The van der Waals surface area contributed by atoms with E-state index in [4.69, 9.17) is 16.2 Å². The fourth-order valence-corrected chi connectivity index (χ4v) is 3.52. The van der Waals surface area contributed by atoms with Crippen molar-refractivity contribution in [3.8, 4) is 0 Å². The predicted molar refractivity (Wildman–Crippen MR) is 127 cm³/mol. The summed E-state index contributed by atoms with van der Waals surface area (Å²) in [5, 5.41) is 22.3. The van der Waals surface area contributed by atoms with Gasteiger partial charge in [-0.2, -0.15) is 0 Å². The van der Waals surface area contributed by atoms with E-state index >= 15 is 0 Å². The lowest BCUT2D eigenvalue weighted by molar-refractivity contribution is -0.139. The fraction of sp³-hybridized carbons (Fsp3) is 0.913. The Bertz CT molecular complexity index is 457. The third-order valence-corrected chi connectivity index (χ3v) is 5.42. The minimum atomic E-state index is -0.877. The molecule has 7 N–H and O–H groups in total. The topological polar surface area (TPSA) is 143 Å². The normalized spacial score (nSPS) is 14.2. The summed E-state index contributed by atoms with van der Waals surface area (Å²) in [6.07, 6.45) is 13.4. The quantitative estimate of drug-likeness (QED) is 0.0980. The van der Waals surface area contributed by atoms with Crippen molar-refractivity contribution < 1.29 is 19.7 Å². The molecule has 2 unspecified atom stereocenters. The highest BCUT2D eigenvalue weighted by Gasteiger charge is 2.17. The van der Waals surface area contributed by atoms with Gasteiger partial charge in [-0.15, -0.1) is 0 Å². The number of unbranched alkanes of at least 4 members (excludes halogenated alkanes) is 8. The average Bonchev–Trinajstić information content (AvgIpc) is 2.71. The first-order valence-corrected chi connectivity index (χ1v) is 12.2. The van der Waals surface area contributed by atoms with Gasteiger partial charge in [0.25, 0.3) is 0 Å². The first kappa shape index (κ1) is 29.6. The molecule has 0 bridgehead atoms. The lowest BCUT2D eigenvalue weighted by Gasteiger charge is -2.21. The van der Waals surface area contributed by atoms with Gasteiger partial charge < -0.3 is 31.7 Å². The van der Waals surface area contributed by atoms with Crippen LogP contribution in [-0.2, 0) is 9.53 Å². The number of ether oxygens (including phenoxy) is 1. The number of nitrogens with zero attached hydrogens (tertiary/aromatic N) is 1. The molecule has 0 saturated heterocycles. The summed E-state index contributed by atoms with van der Waals surface area (Å²) in [6, 6.07) is -0.622. The summed E-state index contributed by atoms with van der Waals surface area (Å²) in [4.78, 5) is 15.2. The van der Waals surface area contributed by atoms with Crippen molar-refractivity contribution >= 4 is 11.9 Å². The first-order chi connectivity index (χ1) is 14.9. The molecule has 0 fully saturated rings. The largest absolute Gasteiger partial charge is 0.480 e. The van der Waals surface area contributed by atoms with E-state index in [0.29, 0.717) is 39.0 Å². The number of aliphatic carboxylic acids is 1. The number of nitrogens with one attached hydrogen (secondary N) is 1. The molecule has 8 nitrogen and oxygen atoms in total. The average molecular weight is 445 g/mol. The van der Waals surface area contributed by atoms with Crippen molar-refractivity contribution in [1.29, 1.82) is 0 Å². The number of carbonyl (C=O) groups is 1. The summed E-state index contributed by atoms with van der Waals surface area (Å²) in [7, 11) is 0. The monoisotopic (exact) mass is 444 g/mol. The molecular weight excluding hydrogens is 396 g/mol. The smallest absolute Gasteiger partial charge is 0.320 e. The van der Waals surface area contributed by atoms with Crippen LogP contribution in [0.1, 0.15) is 97.3 Å². The van der Waals surface area contributed by atoms with Gasteiger partial charge in [0, 0.05) is 13.2 Å². The Kier molecular flexibility index (Phi) is 19.6.